The van der Waals surface area contributed by atoms with Gasteiger partial charge in [0.1, 0.15) is 22.5 Å². The van der Waals surface area contributed by atoms with Gasteiger partial charge in [-0.1, -0.05) is 54.6 Å². The van der Waals surface area contributed by atoms with E-state index in [4.69, 9.17) is 9.84 Å². The first-order valence-electron chi connectivity index (χ1n) is 11.2. The number of aromatic carboxylic acids is 1. The number of hydrogen-bond acceptors (Lipinski definition) is 6. The lowest BCUT2D eigenvalue weighted by atomic mass is 9.98. The van der Waals surface area contributed by atoms with Crippen LogP contribution in [0.25, 0.3) is 11.1 Å². The highest BCUT2D eigenvalue weighted by Crippen LogP contribution is 2.44. The normalized spacial score (nSPS) is 12.8. The van der Waals surface area contributed by atoms with Crippen molar-refractivity contribution in [1.82, 2.24) is 15.6 Å². The van der Waals surface area contributed by atoms with Crippen LogP contribution in [0.1, 0.15) is 44.6 Å². The summed E-state index contributed by atoms with van der Waals surface area (Å²) < 4.78 is 5.56. The molecule has 1 heterocycles. The molecule has 35 heavy (non-hydrogen) atoms. The molecule has 0 bridgehead atoms. The van der Waals surface area contributed by atoms with Crippen LogP contribution in [-0.4, -0.2) is 40.7 Å². The number of rotatable bonds is 10. The molecule has 8 nitrogen and oxygen atoms in total. The van der Waals surface area contributed by atoms with Crippen LogP contribution < -0.4 is 10.6 Å². The molecule has 4 rings (SSSR count). The summed E-state index contributed by atoms with van der Waals surface area (Å²) >= 11 is 0.984. The van der Waals surface area contributed by atoms with Crippen LogP contribution >= 0.6 is 11.3 Å². The molecule has 1 aliphatic carbocycles. The second-order valence-corrected chi connectivity index (χ2v) is 9.14. The Bertz CT molecular complexity index is 1210. The van der Waals surface area contributed by atoms with Crippen molar-refractivity contribution < 1.29 is 24.2 Å². The number of fused-ring (bicyclic) bond motifs is 3. The van der Waals surface area contributed by atoms with E-state index in [1.54, 1.807) is 6.08 Å². The molecule has 1 atom stereocenters. The van der Waals surface area contributed by atoms with E-state index in [9.17, 15) is 14.4 Å². The third kappa shape index (κ3) is 5.58. The van der Waals surface area contributed by atoms with Gasteiger partial charge in [0, 0.05) is 5.92 Å². The van der Waals surface area contributed by atoms with Gasteiger partial charge in [-0.2, -0.15) is 0 Å². The van der Waals surface area contributed by atoms with Crippen molar-refractivity contribution in [3.05, 3.63) is 88.4 Å². The number of thiazole rings is 1. The number of carboxylic acids is 1. The summed E-state index contributed by atoms with van der Waals surface area (Å²) in [4.78, 5) is 40.5. The van der Waals surface area contributed by atoms with Gasteiger partial charge < -0.3 is 20.5 Å². The summed E-state index contributed by atoms with van der Waals surface area (Å²) in [6.07, 6.45) is 3.09. The van der Waals surface area contributed by atoms with Crippen LogP contribution in [-0.2, 0) is 16.1 Å². The topological polar surface area (TPSA) is 118 Å². The number of ether oxygens (including phenoxy) is 1. The molecule has 0 spiro atoms. The predicted molar refractivity (Wildman–Crippen MR) is 132 cm³/mol. The summed E-state index contributed by atoms with van der Waals surface area (Å²) in [5.74, 6) is -1.56. The number of allylic oxidation sites excluding steroid dienone is 1. The average Bonchev–Trinajstić information content (AvgIpc) is 3.47. The van der Waals surface area contributed by atoms with E-state index < -0.39 is 24.0 Å². The maximum absolute atomic E-state index is 12.7. The van der Waals surface area contributed by atoms with Crippen molar-refractivity contribution in [1.29, 1.82) is 0 Å². The van der Waals surface area contributed by atoms with Crippen LogP contribution in [0.2, 0.25) is 0 Å². The average molecular weight is 492 g/mol. The number of carbonyl (C=O) groups excluding carboxylic acids is 2. The van der Waals surface area contributed by atoms with Gasteiger partial charge in [-0.25, -0.2) is 14.6 Å². The molecule has 2 amide bonds. The number of alkyl carbamates (subject to hydrolysis) is 1. The van der Waals surface area contributed by atoms with Crippen LogP contribution in [0.3, 0.4) is 0 Å². The molecule has 0 saturated heterocycles. The van der Waals surface area contributed by atoms with Gasteiger partial charge in [0.2, 0.25) is 5.91 Å². The molecule has 2 aromatic carbocycles. The van der Waals surface area contributed by atoms with Gasteiger partial charge in [0.05, 0.1) is 12.7 Å². The Morgan fingerprint density at radius 1 is 1.11 bits per heavy atom. The van der Waals surface area contributed by atoms with Crippen LogP contribution in [0.5, 0.6) is 0 Å². The molecule has 9 heteroatoms. The summed E-state index contributed by atoms with van der Waals surface area (Å²) in [6.45, 7) is 3.88. The highest BCUT2D eigenvalue weighted by Gasteiger charge is 2.29. The van der Waals surface area contributed by atoms with Crippen LogP contribution in [0.15, 0.2) is 67.4 Å². The molecular formula is C26H25N3O5S. The third-order valence-corrected chi connectivity index (χ3v) is 6.78. The Morgan fingerprint density at radius 2 is 1.77 bits per heavy atom. The molecule has 3 aromatic rings. The van der Waals surface area contributed by atoms with Crippen molar-refractivity contribution in [2.24, 2.45) is 0 Å². The minimum absolute atomic E-state index is 0.0632. The summed E-state index contributed by atoms with van der Waals surface area (Å²) in [6, 6.07) is 15.3. The van der Waals surface area contributed by atoms with Crippen molar-refractivity contribution in [2.75, 3.05) is 6.61 Å². The second-order valence-electron chi connectivity index (χ2n) is 8.03. The van der Waals surface area contributed by atoms with E-state index in [-0.39, 0.29) is 23.9 Å². The van der Waals surface area contributed by atoms with Gasteiger partial charge in [0.15, 0.2) is 0 Å². The lowest BCUT2D eigenvalue weighted by Crippen LogP contribution is -2.46. The van der Waals surface area contributed by atoms with Crippen molar-refractivity contribution in [3.63, 3.8) is 0 Å². The molecule has 1 aliphatic rings. The minimum Gasteiger partial charge on any atom is -0.477 e. The molecule has 180 valence electrons. The van der Waals surface area contributed by atoms with Crippen molar-refractivity contribution >= 4 is 29.3 Å². The maximum Gasteiger partial charge on any atom is 0.407 e. The molecule has 0 fully saturated rings. The number of benzene rings is 2. The number of aromatic nitrogens is 1. The molecular weight excluding hydrogens is 466 g/mol. The SMILES string of the molecule is C=CCCC(NC(=O)OCC1c2ccccc2-c2ccccc21)C(=O)NCc1ncc(C(=O)O)s1. The molecule has 3 N–H and O–H groups in total. The number of nitrogens with zero attached hydrogens (tertiary/aromatic N) is 1. The number of nitrogens with one attached hydrogen (secondary N) is 2. The van der Waals surface area contributed by atoms with Crippen molar-refractivity contribution in [3.8, 4) is 11.1 Å². The van der Waals surface area contributed by atoms with E-state index in [1.165, 1.54) is 6.20 Å². The fourth-order valence-electron chi connectivity index (χ4n) is 4.11. The Balaban J connectivity index is 1.36. The van der Waals surface area contributed by atoms with Gasteiger partial charge in [-0.05, 0) is 35.1 Å². The zero-order valence-electron chi connectivity index (χ0n) is 18.9. The lowest BCUT2D eigenvalue weighted by Gasteiger charge is -2.19. The van der Waals surface area contributed by atoms with E-state index in [0.29, 0.717) is 17.8 Å². The first-order chi connectivity index (χ1) is 17.0. The zero-order valence-corrected chi connectivity index (χ0v) is 19.7. The smallest absolute Gasteiger partial charge is 0.407 e. The highest BCUT2D eigenvalue weighted by molar-refractivity contribution is 7.13. The molecule has 0 aliphatic heterocycles. The largest absolute Gasteiger partial charge is 0.477 e. The summed E-state index contributed by atoms with van der Waals surface area (Å²) in [7, 11) is 0. The van der Waals surface area contributed by atoms with Gasteiger partial charge >= 0.3 is 12.1 Å². The summed E-state index contributed by atoms with van der Waals surface area (Å²) in [5.41, 5.74) is 4.47. The van der Waals surface area contributed by atoms with E-state index in [0.717, 1.165) is 33.6 Å². The standard InChI is InChI=1S/C26H25N3O5S/c1-2-3-12-21(24(30)28-14-23-27-13-22(35-23)25(31)32)29-26(33)34-15-20-18-10-6-4-8-16(18)17-9-5-7-11-19(17)20/h2,4-11,13,20-21H,1,3,12,14-15H2,(H,28,30)(H,29,33)(H,31,32). The fraction of sp³-hybridized carbons (Fsp3) is 0.231. The number of hydrogen-bond donors (Lipinski definition) is 3. The Labute approximate surface area is 206 Å². The maximum atomic E-state index is 12.7. The first-order valence-corrected chi connectivity index (χ1v) is 12.0. The van der Waals surface area contributed by atoms with Gasteiger partial charge in [-0.3, -0.25) is 4.79 Å². The zero-order chi connectivity index (χ0) is 24.8. The van der Waals surface area contributed by atoms with E-state index in [2.05, 4.69) is 34.3 Å². The monoisotopic (exact) mass is 491 g/mol. The van der Waals surface area contributed by atoms with E-state index >= 15 is 0 Å². The van der Waals surface area contributed by atoms with E-state index in [1.807, 2.05) is 36.4 Å². The Hall–Kier alpha value is -3.98. The molecule has 1 aromatic heterocycles. The summed E-state index contributed by atoms with van der Waals surface area (Å²) in [5, 5.41) is 14.8. The highest BCUT2D eigenvalue weighted by atomic mass is 32.1. The second kappa shape index (κ2) is 11.0. The first kappa shape index (κ1) is 24.2. The number of carbonyl (C=O) groups is 3. The quantitative estimate of drug-likeness (QED) is 0.363. The number of carboxylic acid groups (broad SMARTS) is 1. The lowest BCUT2D eigenvalue weighted by molar-refractivity contribution is -0.123. The fourth-order valence-corrected chi connectivity index (χ4v) is 4.81. The molecule has 0 saturated carbocycles. The minimum atomic E-state index is -1.07. The number of amides is 2. The molecule has 1 unspecified atom stereocenters. The van der Waals surface area contributed by atoms with Gasteiger partial charge in [-0.15, -0.1) is 17.9 Å². The van der Waals surface area contributed by atoms with Crippen LogP contribution in [0.4, 0.5) is 4.79 Å². The Kier molecular flexibility index (Phi) is 7.57. The predicted octanol–water partition coefficient (Wildman–Crippen LogP) is 4.33. The van der Waals surface area contributed by atoms with Gasteiger partial charge in [0.25, 0.3) is 0 Å². The van der Waals surface area contributed by atoms with Crippen molar-refractivity contribution in [2.45, 2.75) is 31.3 Å². The Morgan fingerprint density at radius 3 is 2.37 bits per heavy atom. The van der Waals surface area contributed by atoms with Crippen LogP contribution in [0, 0.1) is 0 Å². The molecule has 0 radical (unpaired) electrons. The third-order valence-electron chi connectivity index (χ3n) is 5.79.